The Bertz CT molecular complexity index is 1070. The molecule has 160 valence electrons. The van der Waals surface area contributed by atoms with Crippen molar-refractivity contribution in [3.05, 3.63) is 66.1 Å². The summed E-state index contributed by atoms with van der Waals surface area (Å²) >= 11 is 22.1. The molecule has 0 amide bonds. The van der Waals surface area contributed by atoms with Crippen LogP contribution in [0.2, 0.25) is 20.1 Å². The Balaban J connectivity index is 0.000000544. The first kappa shape index (κ1) is 27.4. The number of rotatable bonds is 3. The van der Waals surface area contributed by atoms with Gasteiger partial charge in [-0.05, 0) is 12.1 Å². The highest BCUT2D eigenvalue weighted by Gasteiger charge is 2.20. The van der Waals surface area contributed by atoms with Gasteiger partial charge in [-0.25, -0.2) is 18.4 Å². The van der Waals surface area contributed by atoms with E-state index in [0.29, 0.717) is 12.1 Å². The van der Waals surface area contributed by atoms with Gasteiger partial charge < -0.3 is 15.4 Å². The van der Waals surface area contributed by atoms with Gasteiger partial charge in [0.05, 0.1) is 43.0 Å². The van der Waals surface area contributed by atoms with Crippen LogP contribution >= 0.6 is 46.4 Å². The number of carboxylic acid groups (broad SMARTS) is 2. The highest BCUT2D eigenvalue weighted by molar-refractivity contribution is 6.40. The van der Waals surface area contributed by atoms with Crippen LogP contribution in [0.15, 0.2) is 17.3 Å². The molecule has 30 heavy (non-hydrogen) atoms. The molecule has 0 bridgehead atoms. The van der Waals surface area contributed by atoms with E-state index < -0.39 is 44.7 Å². The molecule has 0 fully saturated rings. The zero-order valence-electron chi connectivity index (χ0n) is 13.6. The molecule has 2 rings (SSSR count). The molecule has 7 nitrogen and oxygen atoms in total. The highest BCUT2D eigenvalue weighted by atomic mass is 35.5. The summed E-state index contributed by atoms with van der Waals surface area (Å²) < 4.78 is 26.1. The van der Waals surface area contributed by atoms with Gasteiger partial charge in [0, 0.05) is 5.56 Å². The van der Waals surface area contributed by atoms with E-state index in [2.05, 4.69) is 5.16 Å². The van der Waals surface area contributed by atoms with Crippen LogP contribution in [0.5, 0.6) is 0 Å². The number of hydrogen-bond donors (Lipinski definition) is 3. The second-order valence-electron chi connectivity index (χ2n) is 4.82. The Morgan fingerprint density at radius 2 is 1.37 bits per heavy atom. The third-order valence-corrected chi connectivity index (χ3v) is 4.66. The summed E-state index contributed by atoms with van der Waals surface area (Å²) in [5, 5.41) is 35.2. The predicted octanol–water partition coefficient (Wildman–Crippen LogP) is 5.98. The van der Waals surface area contributed by atoms with Crippen molar-refractivity contribution in [1.29, 1.82) is 5.26 Å². The van der Waals surface area contributed by atoms with Crippen molar-refractivity contribution >= 4 is 64.6 Å². The van der Waals surface area contributed by atoms with Crippen molar-refractivity contribution in [1.82, 2.24) is 0 Å². The third-order valence-electron chi connectivity index (χ3n) is 3.11. The van der Waals surface area contributed by atoms with Crippen LogP contribution in [-0.2, 0) is 0 Å². The predicted molar refractivity (Wildman–Crippen MR) is 108 cm³/mol. The number of aromatic carboxylic acids is 2. The quantitative estimate of drug-likeness (QED) is 0.205. The molecule has 0 spiro atoms. The Hall–Kier alpha value is -2.64. The molecule has 13 heteroatoms. The smallest absolute Gasteiger partial charge is 0.337 e. The van der Waals surface area contributed by atoms with Crippen molar-refractivity contribution in [2.24, 2.45) is 5.16 Å². The van der Waals surface area contributed by atoms with E-state index in [-0.39, 0.29) is 28.6 Å². The molecule has 0 heterocycles. The van der Waals surface area contributed by atoms with E-state index in [0.717, 1.165) is 6.21 Å². The van der Waals surface area contributed by atoms with Gasteiger partial charge in [0.25, 0.3) is 0 Å². The summed E-state index contributed by atoms with van der Waals surface area (Å²) in [6.07, 6.45) is 0.764. The highest BCUT2D eigenvalue weighted by Crippen LogP contribution is 2.30. The number of halogens is 6. The van der Waals surface area contributed by atoms with Gasteiger partial charge in [0.1, 0.15) is 17.7 Å². The normalized spacial score (nSPS) is 9.90. The molecule has 0 aliphatic carbocycles. The van der Waals surface area contributed by atoms with Crippen molar-refractivity contribution in [2.45, 2.75) is 7.43 Å². The van der Waals surface area contributed by atoms with Crippen LogP contribution in [0.4, 0.5) is 8.78 Å². The van der Waals surface area contributed by atoms with Gasteiger partial charge in [0.15, 0.2) is 0 Å². The van der Waals surface area contributed by atoms with Crippen LogP contribution < -0.4 is 0 Å². The number of hydrogen-bond acceptors (Lipinski definition) is 5. The molecule has 0 unspecified atom stereocenters. The molecule has 0 atom stereocenters. The Labute approximate surface area is 188 Å². The van der Waals surface area contributed by atoms with Gasteiger partial charge in [0.2, 0.25) is 0 Å². The van der Waals surface area contributed by atoms with Crippen LogP contribution in [0.25, 0.3) is 0 Å². The van der Waals surface area contributed by atoms with Crippen LogP contribution in [0.3, 0.4) is 0 Å². The maximum absolute atomic E-state index is 13.1. The van der Waals surface area contributed by atoms with Gasteiger partial charge in [-0.1, -0.05) is 59.0 Å². The van der Waals surface area contributed by atoms with Gasteiger partial charge >= 0.3 is 11.9 Å². The average molecular weight is 502 g/mol. The number of carbonyl (C=O) groups is 2. The van der Waals surface area contributed by atoms with Crippen LogP contribution in [-0.4, -0.2) is 33.6 Å². The van der Waals surface area contributed by atoms with Gasteiger partial charge in [-0.2, -0.15) is 5.26 Å². The van der Waals surface area contributed by atoms with Crippen LogP contribution in [0, 0.1) is 23.0 Å². The standard InChI is InChI=1S/C8H4Cl2FNO3.C8H2Cl2FNO2.CH4/c9-6-3(8(13)14)1-5(11)7(10)4(6)2-12-15;9-6-3(8(13)14)1-5(11)7(10)4(6)2-12;/h1-2,15H,(H,13,14);1H,(H,13,14);1H4/b12-2+;;. The summed E-state index contributed by atoms with van der Waals surface area (Å²) in [6.45, 7) is 0. The molecular weight excluding hydrogens is 492 g/mol. The second kappa shape index (κ2) is 11.5. The minimum absolute atomic E-state index is 0. The molecule has 0 aromatic heterocycles. The average Bonchev–Trinajstić information content (AvgIpc) is 2.65. The first-order valence-corrected chi connectivity index (χ1v) is 8.38. The van der Waals surface area contributed by atoms with Crippen molar-refractivity contribution in [3.63, 3.8) is 0 Å². The SMILES string of the molecule is C.N#Cc1c(Cl)c(F)cc(C(=O)O)c1Cl.O=C(O)c1cc(F)c(Cl)c(/C=N/O)c1Cl. The molecule has 0 saturated carbocycles. The monoisotopic (exact) mass is 500 g/mol. The number of nitriles is 1. The topological polar surface area (TPSA) is 131 Å². The molecule has 3 N–H and O–H groups in total. The molecule has 0 radical (unpaired) electrons. The number of benzene rings is 2. The number of carboxylic acids is 2. The first-order chi connectivity index (χ1) is 13.5. The Kier molecular flexibility index (Phi) is 10.5. The van der Waals surface area contributed by atoms with E-state index in [1.165, 1.54) is 6.07 Å². The van der Waals surface area contributed by atoms with E-state index in [9.17, 15) is 18.4 Å². The molecule has 0 saturated heterocycles. The molecule has 2 aromatic rings. The molecule has 0 aliphatic rings. The lowest BCUT2D eigenvalue weighted by Crippen LogP contribution is -2.02. The number of nitrogens with zero attached hydrogens (tertiary/aromatic N) is 2. The fourth-order valence-corrected chi connectivity index (χ4v) is 2.84. The van der Waals surface area contributed by atoms with Crippen LogP contribution in [0.1, 0.15) is 39.3 Å². The molecular formula is C17H10Cl4F2N2O5. The lowest BCUT2D eigenvalue weighted by atomic mass is 10.1. The molecule has 0 aliphatic heterocycles. The van der Waals surface area contributed by atoms with E-state index in [4.69, 9.17) is 67.1 Å². The largest absolute Gasteiger partial charge is 0.478 e. The fraction of sp³-hybridized carbons (Fsp3) is 0.0588. The first-order valence-electron chi connectivity index (χ1n) is 6.86. The Morgan fingerprint density at radius 3 is 1.77 bits per heavy atom. The minimum Gasteiger partial charge on any atom is -0.478 e. The van der Waals surface area contributed by atoms with Gasteiger partial charge in [-0.3, -0.25) is 0 Å². The van der Waals surface area contributed by atoms with E-state index >= 15 is 0 Å². The zero-order chi connectivity index (χ0) is 22.5. The third kappa shape index (κ3) is 5.93. The minimum atomic E-state index is -1.41. The van der Waals surface area contributed by atoms with Gasteiger partial charge in [-0.15, -0.1) is 0 Å². The maximum atomic E-state index is 13.1. The zero-order valence-corrected chi connectivity index (χ0v) is 16.6. The summed E-state index contributed by atoms with van der Waals surface area (Å²) in [6, 6.07) is 2.90. The van der Waals surface area contributed by atoms with E-state index in [1.54, 1.807) is 0 Å². The van der Waals surface area contributed by atoms with Crippen molar-refractivity contribution in [3.8, 4) is 6.07 Å². The lowest BCUT2D eigenvalue weighted by molar-refractivity contribution is 0.0685. The lowest BCUT2D eigenvalue weighted by Gasteiger charge is -2.05. The Morgan fingerprint density at radius 1 is 0.933 bits per heavy atom. The molecule has 2 aromatic carbocycles. The maximum Gasteiger partial charge on any atom is 0.337 e. The van der Waals surface area contributed by atoms with Crippen molar-refractivity contribution < 1.29 is 33.8 Å². The summed E-state index contributed by atoms with van der Waals surface area (Å²) in [5.74, 6) is -4.75. The van der Waals surface area contributed by atoms with Crippen molar-refractivity contribution in [2.75, 3.05) is 0 Å². The fourth-order valence-electron chi connectivity index (χ4n) is 1.81. The number of oxime groups is 1. The summed E-state index contributed by atoms with van der Waals surface area (Å²) in [7, 11) is 0. The second-order valence-corrected chi connectivity index (χ2v) is 6.34. The summed E-state index contributed by atoms with van der Waals surface area (Å²) in [5.41, 5.74) is -1.48. The van der Waals surface area contributed by atoms with E-state index in [1.807, 2.05) is 0 Å². The summed E-state index contributed by atoms with van der Waals surface area (Å²) in [4.78, 5) is 21.2.